The van der Waals surface area contributed by atoms with Gasteiger partial charge in [-0.3, -0.25) is 9.36 Å². The first-order valence-electron chi connectivity index (χ1n) is 6.00. The second-order valence-corrected chi connectivity index (χ2v) is 4.43. The summed E-state index contributed by atoms with van der Waals surface area (Å²) >= 11 is 0. The van der Waals surface area contributed by atoms with Crippen LogP contribution in [0.2, 0.25) is 0 Å². The topological polar surface area (TPSA) is 52.0 Å². The molecule has 2 rings (SSSR count). The molecule has 110 valence electrons. The maximum absolute atomic E-state index is 12.9. The molecule has 2 aromatic rings. The van der Waals surface area contributed by atoms with Crippen molar-refractivity contribution in [1.29, 1.82) is 0 Å². The molecule has 0 bridgehead atoms. The van der Waals surface area contributed by atoms with Gasteiger partial charge < -0.3 is 0 Å². The molecular formula is C14H11F3N2O2. The summed E-state index contributed by atoms with van der Waals surface area (Å²) in [7, 11) is 0. The van der Waals surface area contributed by atoms with E-state index in [-0.39, 0.29) is 5.69 Å². The summed E-state index contributed by atoms with van der Waals surface area (Å²) in [5.41, 5.74) is -2.84. The van der Waals surface area contributed by atoms with Gasteiger partial charge in [-0.25, -0.2) is 4.79 Å². The van der Waals surface area contributed by atoms with E-state index in [1.807, 2.05) is 0 Å². The average molecular weight is 296 g/mol. The van der Waals surface area contributed by atoms with Crippen molar-refractivity contribution in [2.75, 3.05) is 0 Å². The minimum absolute atomic E-state index is 0.0824. The highest BCUT2D eigenvalue weighted by Crippen LogP contribution is 2.31. The monoisotopic (exact) mass is 296 g/mol. The molecule has 0 atom stereocenters. The Morgan fingerprint density at radius 3 is 2.24 bits per heavy atom. The minimum Gasteiger partial charge on any atom is -0.294 e. The van der Waals surface area contributed by atoms with Gasteiger partial charge in [0.15, 0.2) is 11.5 Å². The summed E-state index contributed by atoms with van der Waals surface area (Å²) in [6.45, 7) is 2.31. The number of halogens is 3. The Balaban J connectivity index is 2.86. The molecule has 21 heavy (non-hydrogen) atoms. The van der Waals surface area contributed by atoms with E-state index in [1.54, 1.807) is 30.3 Å². The fourth-order valence-corrected chi connectivity index (χ4v) is 2.14. The number of carbonyl (C=O) groups is 1. The Bertz CT molecular complexity index is 749. The first-order valence-corrected chi connectivity index (χ1v) is 6.00. The summed E-state index contributed by atoms with van der Waals surface area (Å²) in [5.74, 6) is -0.794. The van der Waals surface area contributed by atoms with Gasteiger partial charge in [-0.15, -0.1) is 0 Å². The van der Waals surface area contributed by atoms with Crippen LogP contribution < -0.4 is 5.69 Å². The molecular weight excluding hydrogens is 285 g/mol. The number of Topliss-reactive ketones (excluding diaryl/α,β-unsaturated/α-hetero) is 1. The van der Waals surface area contributed by atoms with Crippen LogP contribution in [0.5, 0.6) is 0 Å². The zero-order valence-corrected chi connectivity index (χ0v) is 11.2. The number of para-hydroxylation sites is 1. The second kappa shape index (κ2) is 5.16. The molecule has 1 aromatic carbocycles. The molecule has 1 heterocycles. The number of hydrogen-bond donors (Lipinski definition) is 0. The third-order valence-electron chi connectivity index (χ3n) is 2.97. The maximum Gasteiger partial charge on any atom is 0.434 e. The predicted molar refractivity (Wildman–Crippen MR) is 69.6 cm³/mol. The number of alkyl halides is 3. The highest BCUT2D eigenvalue weighted by Gasteiger charge is 2.38. The van der Waals surface area contributed by atoms with Gasteiger partial charge in [0.05, 0.1) is 11.3 Å². The SMILES string of the molecule is CC(=O)c1c(C(F)(F)F)nc(=O)n(-c2ccccc2)c1C. The van der Waals surface area contributed by atoms with Gasteiger partial charge >= 0.3 is 11.9 Å². The third-order valence-corrected chi connectivity index (χ3v) is 2.97. The van der Waals surface area contributed by atoms with E-state index in [0.717, 1.165) is 11.5 Å². The highest BCUT2D eigenvalue weighted by molar-refractivity contribution is 5.96. The van der Waals surface area contributed by atoms with Gasteiger partial charge in [0.25, 0.3) is 0 Å². The van der Waals surface area contributed by atoms with Crippen LogP contribution in [0.25, 0.3) is 5.69 Å². The van der Waals surface area contributed by atoms with E-state index in [2.05, 4.69) is 4.98 Å². The number of ketones is 1. The number of rotatable bonds is 2. The molecule has 1 aromatic heterocycles. The Morgan fingerprint density at radius 2 is 1.76 bits per heavy atom. The van der Waals surface area contributed by atoms with Crippen LogP contribution in [0.3, 0.4) is 0 Å². The summed E-state index contributed by atoms with van der Waals surface area (Å²) in [5, 5.41) is 0. The summed E-state index contributed by atoms with van der Waals surface area (Å²) in [6, 6.07) is 8.06. The zero-order valence-electron chi connectivity index (χ0n) is 11.2. The molecule has 0 saturated heterocycles. The minimum atomic E-state index is -4.86. The van der Waals surface area contributed by atoms with Crippen molar-refractivity contribution in [1.82, 2.24) is 9.55 Å². The van der Waals surface area contributed by atoms with E-state index < -0.39 is 28.9 Å². The van der Waals surface area contributed by atoms with Crippen molar-refractivity contribution >= 4 is 5.78 Å². The quantitative estimate of drug-likeness (QED) is 0.801. The lowest BCUT2D eigenvalue weighted by Gasteiger charge is -2.16. The Hall–Kier alpha value is -2.44. The molecule has 0 unspecified atom stereocenters. The van der Waals surface area contributed by atoms with Crippen LogP contribution in [-0.4, -0.2) is 15.3 Å². The van der Waals surface area contributed by atoms with E-state index in [4.69, 9.17) is 0 Å². The Morgan fingerprint density at radius 1 is 1.19 bits per heavy atom. The average Bonchev–Trinajstić information content (AvgIpc) is 2.37. The van der Waals surface area contributed by atoms with E-state index >= 15 is 0 Å². The van der Waals surface area contributed by atoms with Crippen LogP contribution in [0.1, 0.15) is 28.7 Å². The predicted octanol–water partition coefficient (Wildman–Crippen LogP) is 2.76. The van der Waals surface area contributed by atoms with Crippen molar-refractivity contribution in [2.45, 2.75) is 20.0 Å². The smallest absolute Gasteiger partial charge is 0.294 e. The number of carbonyl (C=O) groups excluding carboxylic acids is 1. The molecule has 0 fully saturated rings. The molecule has 0 aliphatic rings. The molecule has 0 aliphatic heterocycles. The van der Waals surface area contributed by atoms with Crippen LogP contribution in [0.15, 0.2) is 35.1 Å². The lowest BCUT2D eigenvalue weighted by atomic mass is 10.1. The van der Waals surface area contributed by atoms with Crippen molar-refractivity contribution in [3.05, 3.63) is 57.8 Å². The molecule has 0 aliphatic carbocycles. The lowest BCUT2D eigenvalue weighted by molar-refractivity contribution is -0.141. The van der Waals surface area contributed by atoms with E-state index in [1.165, 1.54) is 6.92 Å². The van der Waals surface area contributed by atoms with Crippen molar-refractivity contribution in [3.63, 3.8) is 0 Å². The van der Waals surface area contributed by atoms with Crippen molar-refractivity contribution in [2.24, 2.45) is 0 Å². The molecule has 0 saturated carbocycles. The Kier molecular flexibility index (Phi) is 3.67. The van der Waals surface area contributed by atoms with Gasteiger partial charge in [0.2, 0.25) is 0 Å². The standard InChI is InChI=1S/C14H11F3N2O2/c1-8-11(9(2)20)12(14(15,16)17)18-13(21)19(8)10-6-4-3-5-7-10/h3-7H,1-2H3. The molecule has 4 nitrogen and oxygen atoms in total. The fourth-order valence-electron chi connectivity index (χ4n) is 2.14. The Labute approximate surface area is 117 Å². The fraction of sp³-hybridized carbons (Fsp3) is 0.214. The van der Waals surface area contributed by atoms with Crippen LogP contribution in [0, 0.1) is 6.92 Å². The second-order valence-electron chi connectivity index (χ2n) is 4.43. The lowest BCUT2D eigenvalue weighted by Crippen LogP contribution is -2.31. The molecule has 0 amide bonds. The zero-order chi connectivity index (χ0) is 15.8. The van der Waals surface area contributed by atoms with Gasteiger partial charge in [-0.1, -0.05) is 18.2 Å². The summed E-state index contributed by atoms with van der Waals surface area (Å²) < 4.78 is 39.8. The molecule has 0 N–H and O–H groups in total. The molecule has 0 spiro atoms. The maximum atomic E-state index is 12.9. The first-order chi connectivity index (χ1) is 9.73. The van der Waals surface area contributed by atoms with Crippen LogP contribution in [0.4, 0.5) is 13.2 Å². The first kappa shape index (κ1) is 15.0. The molecule has 7 heteroatoms. The number of aromatic nitrogens is 2. The van der Waals surface area contributed by atoms with Crippen molar-refractivity contribution in [3.8, 4) is 5.69 Å². The summed E-state index contributed by atoms with van der Waals surface area (Å²) in [4.78, 5) is 26.6. The van der Waals surface area contributed by atoms with Crippen molar-refractivity contribution < 1.29 is 18.0 Å². The normalized spacial score (nSPS) is 11.5. The van der Waals surface area contributed by atoms with Gasteiger partial charge in [0.1, 0.15) is 0 Å². The van der Waals surface area contributed by atoms with Gasteiger partial charge in [-0.2, -0.15) is 18.2 Å². The van der Waals surface area contributed by atoms with E-state index in [9.17, 15) is 22.8 Å². The number of nitrogens with zero attached hydrogens (tertiary/aromatic N) is 2. The van der Waals surface area contributed by atoms with Crippen LogP contribution in [-0.2, 0) is 6.18 Å². The van der Waals surface area contributed by atoms with E-state index in [0.29, 0.717) is 5.69 Å². The largest absolute Gasteiger partial charge is 0.434 e. The summed E-state index contributed by atoms with van der Waals surface area (Å²) in [6.07, 6.45) is -4.86. The van der Waals surface area contributed by atoms with Gasteiger partial charge in [0, 0.05) is 5.69 Å². The third kappa shape index (κ3) is 2.72. The molecule has 0 radical (unpaired) electrons. The number of benzene rings is 1. The highest BCUT2D eigenvalue weighted by atomic mass is 19.4. The van der Waals surface area contributed by atoms with Gasteiger partial charge in [-0.05, 0) is 26.0 Å². The van der Waals surface area contributed by atoms with Crippen LogP contribution >= 0.6 is 0 Å². The number of hydrogen-bond acceptors (Lipinski definition) is 3.